The van der Waals surface area contributed by atoms with E-state index < -0.39 is 0 Å². The van der Waals surface area contributed by atoms with Gasteiger partial charge in [-0.25, -0.2) is 4.98 Å². The fraction of sp³-hybridized carbons (Fsp3) is 0.194. The highest BCUT2D eigenvalue weighted by Crippen LogP contribution is 2.29. The van der Waals surface area contributed by atoms with Crippen molar-refractivity contribution in [3.63, 3.8) is 0 Å². The largest absolute Gasteiger partial charge is 0.493 e. The molecule has 0 aliphatic rings. The van der Waals surface area contributed by atoms with E-state index in [4.69, 9.17) is 14.2 Å². The Morgan fingerprint density at radius 3 is 2.39 bits per heavy atom. The number of benzene rings is 3. The zero-order valence-electron chi connectivity index (χ0n) is 21.6. The second-order valence-electron chi connectivity index (χ2n) is 9.00. The van der Waals surface area contributed by atoms with Gasteiger partial charge in [-0.05, 0) is 47.5 Å². The first-order valence-corrected chi connectivity index (χ1v) is 12.3. The van der Waals surface area contributed by atoms with Gasteiger partial charge >= 0.3 is 5.97 Å². The Morgan fingerprint density at radius 2 is 1.63 bits per heavy atom. The highest BCUT2D eigenvalue weighted by molar-refractivity contribution is 5.91. The first kappa shape index (κ1) is 26.4. The Morgan fingerprint density at radius 1 is 0.842 bits per heavy atom. The number of aromatic nitrogens is 1. The number of amides is 1. The predicted molar refractivity (Wildman–Crippen MR) is 146 cm³/mol. The van der Waals surface area contributed by atoms with Crippen molar-refractivity contribution in [2.45, 2.75) is 26.9 Å². The molecule has 0 spiro atoms. The number of nitrogens with zero attached hydrogens (tertiary/aromatic N) is 1. The van der Waals surface area contributed by atoms with Crippen molar-refractivity contribution in [3.05, 3.63) is 102 Å². The monoisotopic (exact) mass is 510 g/mol. The van der Waals surface area contributed by atoms with E-state index in [0.717, 1.165) is 16.7 Å². The fourth-order valence-electron chi connectivity index (χ4n) is 3.67. The lowest BCUT2D eigenvalue weighted by Crippen LogP contribution is -2.15. The summed E-state index contributed by atoms with van der Waals surface area (Å²) < 4.78 is 16.8. The Balaban J connectivity index is 1.40. The first-order chi connectivity index (χ1) is 18.4. The van der Waals surface area contributed by atoms with Crippen LogP contribution >= 0.6 is 0 Å². The maximum atomic E-state index is 12.8. The molecule has 4 rings (SSSR count). The second kappa shape index (κ2) is 12.5. The summed E-state index contributed by atoms with van der Waals surface area (Å²) in [6, 6.07) is 27.8. The zero-order chi connectivity index (χ0) is 26.9. The number of carbonyl (C=O) groups excluding carboxylic acids is 2. The van der Waals surface area contributed by atoms with Gasteiger partial charge in [0.15, 0.2) is 11.5 Å². The molecule has 0 atom stereocenters. The number of hydrogen-bond donors (Lipinski definition) is 1. The number of pyridine rings is 1. The van der Waals surface area contributed by atoms with Crippen LogP contribution < -0.4 is 19.5 Å². The average molecular weight is 511 g/mol. The smallest absolute Gasteiger partial charge is 0.313 e. The Kier molecular flexibility index (Phi) is 8.72. The molecule has 4 aromatic rings. The van der Waals surface area contributed by atoms with Crippen LogP contribution in [-0.4, -0.2) is 24.0 Å². The molecule has 0 saturated carbocycles. The van der Waals surface area contributed by atoms with E-state index in [1.165, 1.54) is 0 Å². The van der Waals surface area contributed by atoms with Crippen molar-refractivity contribution in [2.75, 3.05) is 12.4 Å². The summed E-state index contributed by atoms with van der Waals surface area (Å²) in [6.45, 7) is 3.98. The van der Waals surface area contributed by atoms with Gasteiger partial charge in [-0.3, -0.25) is 9.59 Å². The second-order valence-corrected chi connectivity index (χ2v) is 9.00. The van der Waals surface area contributed by atoms with Crippen molar-refractivity contribution < 1.29 is 23.8 Å². The van der Waals surface area contributed by atoms with E-state index in [9.17, 15) is 9.59 Å². The van der Waals surface area contributed by atoms with Crippen LogP contribution in [0.15, 0.2) is 91.0 Å². The van der Waals surface area contributed by atoms with Gasteiger partial charge in [0, 0.05) is 5.56 Å². The minimum atomic E-state index is -0.302. The lowest BCUT2D eigenvalue weighted by atomic mass is 10.1. The SMILES string of the molecule is COc1cc(CC(=O)Nc2cccc(-c3cccc(OC(=O)C(C)C)c3)n2)ccc1OCc1ccccc1. The quantitative estimate of drug-likeness (QED) is 0.206. The van der Waals surface area contributed by atoms with Crippen LogP contribution in [0, 0.1) is 5.92 Å². The molecule has 0 aliphatic carbocycles. The van der Waals surface area contributed by atoms with Gasteiger partial charge in [0.2, 0.25) is 5.91 Å². The van der Waals surface area contributed by atoms with Crippen LogP contribution in [0.4, 0.5) is 5.82 Å². The summed E-state index contributed by atoms with van der Waals surface area (Å²) in [7, 11) is 1.57. The van der Waals surface area contributed by atoms with Gasteiger partial charge in [-0.15, -0.1) is 0 Å². The van der Waals surface area contributed by atoms with Crippen LogP contribution in [0.2, 0.25) is 0 Å². The summed E-state index contributed by atoms with van der Waals surface area (Å²) in [6.07, 6.45) is 0.141. The summed E-state index contributed by atoms with van der Waals surface area (Å²) in [5, 5.41) is 2.85. The minimum absolute atomic E-state index is 0.141. The van der Waals surface area contributed by atoms with Gasteiger partial charge in [0.05, 0.1) is 25.1 Å². The van der Waals surface area contributed by atoms with Crippen molar-refractivity contribution >= 4 is 17.7 Å². The van der Waals surface area contributed by atoms with Crippen molar-refractivity contribution in [2.24, 2.45) is 5.92 Å². The number of ether oxygens (including phenoxy) is 3. The summed E-state index contributed by atoms with van der Waals surface area (Å²) in [5.74, 6) is 1.29. The van der Waals surface area contributed by atoms with Gasteiger partial charge < -0.3 is 19.5 Å². The van der Waals surface area contributed by atoms with E-state index in [-0.39, 0.29) is 24.2 Å². The minimum Gasteiger partial charge on any atom is -0.493 e. The van der Waals surface area contributed by atoms with E-state index in [2.05, 4.69) is 10.3 Å². The highest BCUT2D eigenvalue weighted by atomic mass is 16.5. The van der Waals surface area contributed by atoms with Crippen LogP contribution in [-0.2, 0) is 22.6 Å². The third-order valence-electron chi connectivity index (χ3n) is 5.67. The van der Waals surface area contributed by atoms with Crippen molar-refractivity contribution in [3.8, 4) is 28.5 Å². The summed E-state index contributed by atoms with van der Waals surface area (Å²) in [5.41, 5.74) is 3.25. The number of anilines is 1. The molecule has 0 fully saturated rings. The van der Waals surface area contributed by atoms with E-state index in [0.29, 0.717) is 35.4 Å². The number of carbonyl (C=O) groups is 2. The fourth-order valence-corrected chi connectivity index (χ4v) is 3.67. The van der Waals surface area contributed by atoms with Crippen LogP contribution in [0.25, 0.3) is 11.3 Å². The van der Waals surface area contributed by atoms with Gasteiger partial charge in [-0.2, -0.15) is 0 Å². The third kappa shape index (κ3) is 7.20. The Bertz CT molecular complexity index is 1400. The molecular weight excluding hydrogens is 480 g/mol. The molecule has 0 radical (unpaired) electrons. The van der Waals surface area contributed by atoms with Crippen molar-refractivity contribution in [1.29, 1.82) is 0 Å². The molecule has 3 aromatic carbocycles. The number of nitrogens with one attached hydrogen (secondary N) is 1. The summed E-state index contributed by atoms with van der Waals surface area (Å²) in [4.78, 5) is 29.3. The number of hydrogen-bond acceptors (Lipinski definition) is 6. The molecular formula is C31H30N2O5. The van der Waals surface area contributed by atoms with E-state index in [1.807, 2.05) is 60.7 Å². The molecule has 0 bridgehead atoms. The third-order valence-corrected chi connectivity index (χ3v) is 5.67. The van der Waals surface area contributed by atoms with E-state index >= 15 is 0 Å². The molecule has 7 nitrogen and oxygen atoms in total. The molecule has 38 heavy (non-hydrogen) atoms. The Labute approximate surface area is 222 Å². The van der Waals surface area contributed by atoms with Crippen LogP contribution in [0.5, 0.6) is 17.2 Å². The molecule has 194 valence electrons. The molecule has 1 N–H and O–H groups in total. The van der Waals surface area contributed by atoms with Crippen LogP contribution in [0.1, 0.15) is 25.0 Å². The normalized spacial score (nSPS) is 10.6. The topological polar surface area (TPSA) is 86.8 Å². The molecule has 1 aromatic heterocycles. The first-order valence-electron chi connectivity index (χ1n) is 12.3. The number of rotatable bonds is 10. The molecule has 0 aliphatic heterocycles. The standard InChI is InChI=1S/C31H30N2O5/c1-21(2)31(35)38-25-12-7-11-24(19-25)26-13-8-14-29(32-26)33-30(34)18-23-15-16-27(28(17-23)36-3)37-20-22-9-5-4-6-10-22/h4-17,19,21H,18,20H2,1-3H3,(H,32,33,34). The molecule has 0 saturated heterocycles. The maximum absolute atomic E-state index is 12.8. The molecule has 7 heteroatoms. The lowest BCUT2D eigenvalue weighted by Gasteiger charge is -2.13. The lowest BCUT2D eigenvalue weighted by molar-refractivity contribution is -0.137. The Hall–Kier alpha value is -4.65. The van der Waals surface area contributed by atoms with Gasteiger partial charge in [0.1, 0.15) is 18.2 Å². The molecule has 1 heterocycles. The zero-order valence-corrected chi connectivity index (χ0v) is 21.6. The van der Waals surface area contributed by atoms with Gasteiger partial charge in [0.25, 0.3) is 0 Å². The predicted octanol–water partition coefficient (Wildman–Crippen LogP) is 6.08. The molecule has 0 unspecified atom stereocenters. The highest BCUT2D eigenvalue weighted by Gasteiger charge is 2.13. The average Bonchev–Trinajstić information content (AvgIpc) is 2.93. The van der Waals surface area contributed by atoms with E-state index in [1.54, 1.807) is 51.3 Å². The summed E-state index contributed by atoms with van der Waals surface area (Å²) >= 11 is 0. The van der Waals surface area contributed by atoms with Gasteiger partial charge in [-0.1, -0.05) is 68.4 Å². The molecule has 1 amide bonds. The van der Waals surface area contributed by atoms with Crippen LogP contribution in [0.3, 0.4) is 0 Å². The maximum Gasteiger partial charge on any atom is 0.313 e. The number of esters is 1. The number of methoxy groups -OCH3 is 1. The van der Waals surface area contributed by atoms with Crippen molar-refractivity contribution in [1.82, 2.24) is 4.98 Å².